The molecule has 0 aromatic carbocycles. The lowest BCUT2D eigenvalue weighted by Crippen LogP contribution is -2.54. The van der Waals surface area contributed by atoms with Crippen molar-refractivity contribution in [2.24, 2.45) is 11.5 Å². The summed E-state index contributed by atoms with van der Waals surface area (Å²) < 4.78 is 83.6. The number of anilines is 7. The highest BCUT2D eigenvalue weighted by Gasteiger charge is 2.48. The number of terminal acetylenes is 1. The van der Waals surface area contributed by atoms with E-state index in [-0.39, 0.29) is 110 Å². The summed E-state index contributed by atoms with van der Waals surface area (Å²) in [5, 5.41) is 101. The number of fused-ring (bicyclic) bond motifs is 5. The van der Waals surface area contributed by atoms with Crippen LogP contribution in [-0.2, 0) is 42.6 Å². The molecule has 19 heterocycles. The van der Waals surface area contributed by atoms with Crippen LogP contribution in [0.2, 0.25) is 0 Å². The number of rotatable bonds is 16. The fourth-order valence-corrected chi connectivity index (χ4v) is 15.6. The molecular weight excluding hydrogens is 1730 g/mol. The van der Waals surface area contributed by atoms with Gasteiger partial charge in [-0.15, -0.1) is 29.9 Å². The van der Waals surface area contributed by atoms with Gasteiger partial charge in [0.1, 0.15) is 95.7 Å². The van der Waals surface area contributed by atoms with Gasteiger partial charge in [0.15, 0.2) is 105 Å². The van der Waals surface area contributed by atoms with Gasteiger partial charge < -0.3 is 156 Å². The Labute approximate surface area is 722 Å². The number of nitrogen functional groups attached to an aromatic ring is 6. The molecule has 10 aromatic heterocycles. The van der Waals surface area contributed by atoms with Crippen molar-refractivity contribution in [3.8, 4) is 12.3 Å². The van der Waals surface area contributed by atoms with E-state index < -0.39 is 117 Å². The molecule has 4 amide bonds. The Morgan fingerprint density at radius 1 is 0.512 bits per heavy atom. The number of urea groups is 2. The standard InChI is InChI=1S/C12H12FN5O3.C12H16N6O3.2C10H13N5O3.C9H12N6O3.C8H12FN3O3S.C8H13N3O3S/c1-2-12(4-19)6(20)3-7(21-12)18-5-15-8-9(14)16-11(13)17-10(8)18;13-12-16-10(15-6-1-2-6)9-11(17-12)18(5-14-9)7-4-20-8(3-19)21-7;2*11-9-8-10(13-3-12-9)15(4-14-8)7-1-5(17)6(2-16)18-7;10-7-6-8(14-9(11)13-7)15(3-12-6)4-2-17-5(1-16)18-4;9-4-1-12(8(14)11-7(4)10)5-3-16-6(2-13)15-5;9-5-1-2-11(8(13)10-5)6-4-15-7(3-12)14-6/h1,5-7,19-20H,3-4H2,(H2,14,16,17);5-8,19H,1-4H2,(H3,13,15,16,17);2*3-7,16-17H,1-2H2,(H2,11,12,13);3-5,16H,1-2H2,(H4,10,11,13,14);1,5-7,13H,2-3,10H2,(H,11,14);1-2,5-7,12H,3-4,9H2,(H,10,13)/t6-,7+,12+;7-,8-;2*5-,6+,7+;4-,5-;5-,6+,7?;5?,6-,7+/m1010100/s1. The third-order valence-electron chi connectivity index (χ3n) is 20.3. The molecule has 2 unspecified atom stereocenters. The highest BCUT2D eigenvalue weighted by Crippen LogP contribution is 2.40. The molecule has 9 aliphatic heterocycles. The average Bonchev–Trinajstić information content (AvgIpc) is 1.61. The zero-order valence-electron chi connectivity index (χ0n) is 66.6. The van der Waals surface area contributed by atoms with Gasteiger partial charge in [-0.25, -0.2) is 58.8 Å². The molecule has 29 N–H and O–H groups in total. The minimum atomic E-state index is -1.50. The quantitative estimate of drug-likeness (QED) is 0.0317. The number of hydrogen-bond acceptors (Lipinski definition) is 47. The van der Waals surface area contributed by atoms with Gasteiger partial charge in [-0.05, 0) is 18.9 Å². The van der Waals surface area contributed by atoms with Crippen LogP contribution in [0.3, 0.4) is 0 Å². The number of nitrogens with one attached hydrogen (secondary N) is 3. The molecule has 10 aromatic rings. The Kier molecular flexibility index (Phi) is 29.2. The van der Waals surface area contributed by atoms with Crippen molar-refractivity contribution in [3.05, 3.63) is 74.7 Å². The van der Waals surface area contributed by atoms with Gasteiger partial charge in [0.05, 0.1) is 109 Å². The third kappa shape index (κ3) is 20.5. The van der Waals surface area contributed by atoms with Crippen LogP contribution in [0.15, 0.2) is 68.6 Å². The number of nitrogens with zero attached hydrogens (tertiary/aromatic N) is 22. The molecule has 1 saturated carbocycles. The Morgan fingerprint density at radius 3 is 1.43 bits per heavy atom. The molecule has 0 radical (unpaired) electrons. The maximum absolute atomic E-state index is 13.3. The first-order valence-corrected chi connectivity index (χ1v) is 40.9. The number of halogens is 2. The number of nitrogens with two attached hydrogens (primary N) is 8. The van der Waals surface area contributed by atoms with E-state index >= 15 is 0 Å². The largest absolute Gasteiger partial charge is 0.394 e. The Hall–Kier alpha value is -11.3. The molecule has 54 nitrogen and oxygen atoms in total. The normalized spacial score (nSPS) is 28.9. The van der Waals surface area contributed by atoms with Crippen molar-refractivity contribution in [1.29, 1.82) is 0 Å². The number of hydrogen-bond donors (Lipinski definition) is 21. The smallest absolute Gasteiger partial charge is 0.325 e. The van der Waals surface area contributed by atoms with Crippen LogP contribution in [0.1, 0.15) is 63.2 Å². The fraction of sp³-hybridized carbons (Fsp3) is 0.522. The van der Waals surface area contributed by atoms with Crippen molar-refractivity contribution in [2.75, 3.05) is 111 Å². The van der Waals surface area contributed by atoms with Crippen molar-refractivity contribution < 1.29 is 112 Å². The third-order valence-corrected chi connectivity index (χ3v) is 22.5. The minimum Gasteiger partial charge on any atom is -0.394 e. The van der Waals surface area contributed by atoms with E-state index in [0.717, 1.165) is 23.9 Å². The van der Waals surface area contributed by atoms with E-state index in [0.29, 0.717) is 106 Å². The molecular formula is C69H91F2N33O21S2. The van der Waals surface area contributed by atoms with Gasteiger partial charge in [0, 0.05) is 49.2 Å². The second-order valence-electron chi connectivity index (χ2n) is 28.8. The Morgan fingerprint density at radius 2 is 0.976 bits per heavy atom. The summed E-state index contributed by atoms with van der Waals surface area (Å²) >= 11 is 2.86. The van der Waals surface area contributed by atoms with Gasteiger partial charge >= 0.3 is 18.1 Å². The topological polar surface area (TPSA) is 788 Å². The molecule has 20 rings (SSSR count). The number of aliphatic hydroxyl groups excluding tert-OH is 10. The lowest BCUT2D eigenvalue weighted by molar-refractivity contribution is -0.0981. The molecule has 1 aliphatic carbocycles. The summed E-state index contributed by atoms with van der Waals surface area (Å²) in [6, 6.07) is -0.329. The van der Waals surface area contributed by atoms with Gasteiger partial charge in [-0.2, -0.15) is 34.3 Å². The second-order valence-corrected chi connectivity index (χ2v) is 31.2. The molecule has 7 saturated heterocycles. The van der Waals surface area contributed by atoms with E-state index in [9.17, 15) is 38.8 Å². The maximum atomic E-state index is 13.3. The SMILES string of the molecule is C#C[C@@]1(CO)O[C@H](n2cnc3c(N)nc(F)nc32)C[C@H]1O.NC1C=CN([C@@H]2CS[C@H](CO)O2)C(=O)N1.NC1NC(=O)N([C@@H]2CS[C@H](CO)O2)C=C1F.Nc1nc(N)c2ncn([C@H]3CO[C@@H](CO)O3)c2n1.Nc1nc(NC2CC2)c2ncn([C@@H]3CO[C@H](CO)O3)c2n1.Nc1ncnc2c1ncn2[C@@H]1C[C@@H](O)[C@H](CO)O1.Nc1ncnc2c1ncn2[C@H]1C[C@H](O)[C@@H](CO)O1. The number of ether oxygens (including phenoxy) is 9. The van der Waals surface area contributed by atoms with Crippen molar-refractivity contribution >= 4 is 132 Å². The zero-order chi connectivity index (χ0) is 90.2. The molecule has 684 valence electrons. The van der Waals surface area contributed by atoms with Crippen LogP contribution < -0.4 is 61.8 Å². The number of carbonyl (C=O) groups excluding carboxylic acids is 2. The molecule has 19 atom stereocenters. The first-order valence-electron chi connectivity index (χ1n) is 38.8. The Balaban J connectivity index is 0.000000120. The number of carbonyl (C=O) groups is 2. The second kappa shape index (κ2) is 40.3. The number of thioether (sulfide) groups is 2. The minimum absolute atomic E-state index is 0.0418. The predicted octanol–water partition coefficient (Wildman–Crippen LogP) is -5.28. The van der Waals surface area contributed by atoms with Crippen LogP contribution in [0, 0.1) is 18.4 Å². The van der Waals surface area contributed by atoms with Gasteiger partial charge in [0.25, 0.3) is 0 Å². The lowest BCUT2D eigenvalue weighted by atomic mass is 9.99. The van der Waals surface area contributed by atoms with E-state index in [4.69, 9.17) is 126 Å². The molecule has 0 bridgehead atoms. The molecule has 8 fully saturated rings. The highest BCUT2D eigenvalue weighted by molar-refractivity contribution is 8.00. The van der Waals surface area contributed by atoms with Gasteiger partial charge in [-0.3, -0.25) is 32.6 Å². The molecule has 58 heteroatoms. The number of aromatic nitrogens is 20. The predicted molar refractivity (Wildman–Crippen MR) is 438 cm³/mol. The van der Waals surface area contributed by atoms with E-state index in [1.165, 1.54) is 58.3 Å². The summed E-state index contributed by atoms with van der Waals surface area (Å²) in [5.41, 5.74) is 47.3. The molecule has 10 aliphatic rings. The summed E-state index contributed by atoms with van der Waals surface area (Å²) in [5.74, 6) is 4.39. The summed E-state index contributed by atoms with van der Waals surface area (Å²) in [4.78, 5) is 85.6. The Bertz CT molecular complexity index is 5500. The van der Waals surface area contributed by atoms with Crippen LogP contribution in [-0.4, -0.2) is 332 Å². The number of imidazole rings is 5. The van der Waals surface area contributed by atoms with E-state index in [2.05, 4.69) is 96.6 Å². The highest BCUT2D eigenvalue weighted by atomic mass is 32.2. The summed E-state index contributed by atoms with van der Waals surface area (Å²) in [6.45, 7) is -0.937. The van der Waals surface area contributed by atoms with E-state index in [1.54, 1.807) is 49.5 Å². The van der Waals surface area contributed by atoms with Gasteiger partial charge in [-0.1, -0.05) is 5.92 Å². The van der Waals surface area contributed by atoms with Gasteiger partial charge in [0.2, 0.25) is 11.9 Å². The van der Waals surface area contributed by atoms with Crippen molar-refractivity contribution in [3.63, 3.8) is 0 Å². The number of aliphatic hydroxyl groups is 10. The summed E-state index contributed by atoms with van der Waals surface area (Å²) in [7, 11) is 0. The van der Waals surface area contributed by atoms with Crippen LogP contribution in [0.25, 0.3) is 55.8 Å². The maximum Gasteiger partial charge on any atom is 0.325 e. The lowest BCUT2D eigenvalue weighted by Gasteiger charge is -2.30. The monoisotopic (exact) mass is 1820 g/mol. The first kappa shape index (κ1) is 91.8. The van der Waals surface area contributed by atoms with Crippen LogP contribution >= 0.6 is 23.5 Å². The zero-order valence-corrected chi connectivity index (χ0v) is 68.3. The van der Waals surface area contributed by atoms with Crippen LogP contribution in [0.4, 0.5) is 59.4 Å². The molecule has 0 spiro atoms. The van der Waals surface area contributed by atoms with Crippen LogP contribution in [0.5, 0.6) is 0 Å². The van der Waals surface area contributed by atoms with E-state index in [1.807, 2.05) is 0 Å². The average molecular weight is 1820 g/mol. The van der Waals surface area contributed by atoms with Crippen molar-refractivity contribution in [2.45, 2.75) is 154 Å². The molecule has 127 heavy (non-hydrogen) atoms. The summed E-state index contributed by atoms with van der Waals surface area (Å²) in [6.07, 6.45) is 12.4. The number of amides is 4. The fourth-order valence-electron chi connectivity index (χ4n) is 13.7. The van der Waals surface area contributed by atoms with Crippen molar-refractivity contribution in [1.82, 2.24) is 118 Å². The first-order chi connectivity index (χ1) is 61.2.